The molecule has 0 aliphatic carbocycles. The average molecular weight is 296 g/mol. The lowest BCUT2D eigenvalue weighted by atomic mass is 10.2. The number of carbonyl (C=O) groups is 2. The number of amides is 2. The molecule has 1 rings (SSSR count). The molecule has 0 aromatic heterocycles. The van der Waals surface area contributed by atoms with Crippen LogP contribution in [0.25, 0.3) is 0 Å². The molecule has 0 fully saturated rings. The van der Waals surface area contributed by atoms with Crippen molar-refractivity contribution in [2.75, 3.05) is 25.1 Å². The van der Waals surface area contributed by atoms with Gasteiger partial charge in [0, 0.05) is 6.54 Å². The number of urea groups is 1. The van der Waals surface area contributed by atoms with Gasteiger partial charge in [-0.3, -0.25) is 0 Å². The minimum absolute atomic E-state index is 0.104. The maximum Gasteiger partial charge on any atom is 0.337 e. The highest BCUT2D eigenvalue weighted by atomic mass is 19.1. The van der Waals surface area contributed by atoms with Gasteiger partial charge in [-0.15, -0.1) is 6.58 Å². The molecule has 0 saturated heterocycles. The molecule has 0 bridgehead atoms. The molecule has 0 heterocycles. The Bertz CT molecular complexity index is 520. The molecule has 0 atom stereocenters. The highest BCUT2D eigenvalue weighted by Gasteiger charge is 2.13. The van der Waals surface area contributed by atoms with Crippen LogP contribution in [0.1, 0.15) is 16.8 Å². The summed E-state index contributed by atoms with van der Waals surface area (Å²) in [5, 5.41) is 13.7. The first kappa shape index (κ1) is 16.6. The molecule has 0 saturated carbocycles. The number of carbonyl (C=O) groups excluding carboxylic acids is 1. The molecule has 114 valence electrons. The van der Waals surface area contributed by atoms with Crippen LogP contribution in [0.5, 0.6) is 0 Å². The van der Waals surface area contributed by atoms with Crippen molar-refractivity contribution in [3.05, 3.63) is 42.2 Å². The summed E-state index contributed by atoms with van der Waals surface area (Å²) >= 11 is 0. The van der Waals surface area contributed by atoms with E-state index in [-0.39, 0.29) is 17.8 Å². The lowest BCUT2D eigenvalue weighted by Gasteiger charge is -2.10. The highest BCUT2D eigenvalue weighted by Crippen LogP contribution is 2.17. The molecule has 1 aromatic rings. The number of nitrogens with one attached hydrogen (secondary N) is 2. The molecule has 0 aliphatic heterocycles. The highest BCUT2D eigenvalue weighted by molar-refractivity contribution is 5.99. The molecule has 0 aliphatic rings. The monoisotopic (exact) mass is 296 g/mol. The molecule has 0 radical (unpaired) electrons. The molecule has 2 amide bonds. The lowest BCUT2D eigenvalue weighted by molar-refractivity contribution is 0.0698. The van der Waals surface area contributed by atoms with Gasteiger partial charge < -0.3 is 20.5 Å². The quantitative estimate of drug-likeness (QED) is 0.507. The van der Waals surface area contributed by atoms with Crippen molar-refractivity contribution < 1.29 is 23.8 Å². The zero-order valence-corrected chi connectivity index (χ0v) is 11.4. The first-order valence-corrected chi connectivity index (χ1v) is 6.31. The number of benzene rings is 1. The number of hydrogen-bond donors (Lipinski definition) is 3. The van der Waals surface area contributed by atoms with Crippen LogP contribution in [-0.4, -0.2) is 36.9 Å². The summed E-state index contributed by atoms with van der Waals surface area (Å²) in [4.78, 5) is 22.5. The van der Waals surface area contributed by atoms with E-state index in [1.807, 2.05) is 0 Å². The maximum absolute atomic E-state index is 13.1. The standard InChI is InChI=1S/C14H17FN2O4/c1-2-3-7-21-8-6-16-14(20)17-12-9-10(15)4-5-11(12)13(18)19/h2,4-5,9H,1,3,6-8H2,(H,18,19)(H2,16,17,20). The average Bonchev–Trinajstić information content (AvgIpc) is 2.42. The minimum Gasteiger partial charge on any atom is -0.478 e. The second-order valence-corrected chi connectivity index (χ2v) is 4.07. The number of aromatic carboxylic acids is 1. The summed E-state index contributed by atoms with van der Waals surface area (Å²) in [5.74, 6) is -1.89. The molecular formula is C14H17FN2O4. The molecule has 1 aromatic carbocycles. The molecule has 3 N–H and O–H groups in total. The van der Waals surface area contributed by atoms with Gasteiger partial charge in [0.1, 0.15) is 5.82 Å². The largest absolute Gasteiger partial charge is 0.478 e. The van der Waals surface area contributed by atoms with E-state index in [9.17, 15) is 14.0 Å². The van der Waals surface area contributed by atoms with Gasteiger partial charge in [0.25, 0.3) is 0 Å². The summed E-state index contributed by atoms with van der Waals surface area (Å²) in [5.41, 5.74) is -0.290. The molecule has 0 unspecified atom stereocenters. The Morgan fingerprint density at radius 1 is 1.38 bits per heavy atom. The van der Waals surface area contributed by atoms with E-state index in [1.165, 1.54) is 0 Å². The van der Waals surface area contributed by atoms with Gasteiger partial charge in [0.2, 0.25) is 0 Å². The van der Waals surface area contributed by atoms with E-state index >= 15 is 0 Å². The van der Waals surface area contributed by atoms with Crippen molar-refractivity contribution >= 4 is 17.7 Å². The predicted molar refractivity (Wildman–Crippen MR) is 76.0 cm³/mol. The van der Waals surface area contributed by atoms with E-state index in [0.29, 0.717) is 13.2 Å². The Hall–Kier alpha value is -2.41. The van der Waals surface area contributed by atoms with E-state index in [0.717, 1.165) is 24.6 Å². The number of hydrogen-bond acceptors (Lipinski definition) is 3. The second-order valence-electron chi connectivity index (χ2n) is 4.07. The smallest absolute Gasteiger partial charge is 0.337 e. The maximum atomic E-state index is 13.1. The Kier molecular flexibility index (Phi) is 6.90. The zero-order chi connectivity index (χ0) is 15.7. The Balaban J connectivity index is 2.45. The number of carboxylic acids is 1. The first-order chi connectivity index (χ1) is 10.0. The Morgan fingerprint density at radius 3 is 2.81 bits per heavy atom. The van der Waals surface area contributed by atoms with Crippen LogP contribution < -0.4 is 10.6 Å². The topological polar surface area (TPSA) is 87.7 Å². The van der Waals surface area contributed by atoms with Crippen molar-refractivity contribution in [3.8, 4) is 0 Å². The van der Waals surface area contributed by atoms with Gasteiger partial charge in [-0.2, -0.15) is 0 Å². The normalized spacial score (nSPS) is 9.95. The summed E-state index contributed by atoms with van der Waals surface area (Å²) in [6, 6.07) is 2.42. The van der Waals surface area contributed by atoms with Crippen LogP contribution in [0.4, 0.5) is 14.9 Å². The lowest BCUT2D eigenvalue weighted by Crippen LogP contribution is -2.32. The third-order valence-electron chi connectivity index (χ3n) is 2.46. The van der Waals surface area contributed by atoms with E-state index < -0.39 is 17.8 Å². The van der Waals surface area contributed by atoms with Gasteiger partial charge in [0.05, 0.1) is 24.5 Å². The summed E-state index contributed by atoms with van der Waals surface area (Å²) in [7, 11) is 0. The van der Waals surface area contributed by atoms with Gasteiger partial charge in [-0.1, -0.05) is 6.08 Å². The van der Waals surface area contributed by atoms with E-state index in [2.05, 4.69) is 17.2 Å². The van der Waals surface area contributed by atoms with Crippen LogP contribution in [0, 0.1) is 5.82 Å². The molecule has 7 heteroatoms. The fourth-order valence-electron chi connectivity index (χ4n) is 1.48. The number of rotatable bonds is 8. The second kappa shape index (κ2) is 8.70. The van der Waals surface area contributed by atoms with E-state index in [1.54, 1.807) is 6.08 Å². The number of ether oxygens (including phenoxy) is 1. The minimum atomic E-state index is -1.25. The van der Waals surface area contributed by atoms with Gasteiger partial charge in [0.15, 0.2) is 0 Å². The summed E-state index contributed by atoms with van der Waals surface area (Å²) < 4.78 is 18.3. The fourth-order valence-corrected chi connectivity index (χ4v) is 1.48. The Morgan fingerprint density at radius 2 is 2.14 bits per heavy atom. The predicted octanol–water partition coefficient (Wildman–Crippen LogP) is 2.24. The number of halogens is 1. The van der Waals surface area contributed by atoms with Crippen molar-refractivity contribution in [3.63, 3.8) is 0 Å². The molecule has 21 heavy (non-hydrogen) atoms. The van der Waals surface area contributed by atoms with Crippen LogP contribution in [0.2, 0.25) is 0 Å². The van der Waals surface area contributed by atoms with Crippen molar-refractivity contribution in [1.29, 1.82) is 0 Å². The third-order valence-corrected chi connectivity index (χ3v) is 2.46. The van der Waals surface area contributed by atoms with Crippen molar-refractivity contribution in [1.82, 2.24) is 5.32 Å². The zero-order valence-electron chi connectivity index (χ0n) is 11.4. The summed E-state index contributed by atoms with van der Waals surface area (Å²) in [6.07, 6.45) is 2.44. The fraction of sp³-hybridized carbons (Fsp3) is 0.286. The SMILES string of the molecule is C=CCCOCCNC(=O)Nc1cc(F)ccc1C(=O)O. The first-order valence-electron chi connectivity index (χ1n) is 6.31. The van der Waals surface area contributed by atoms with Gasteiger partial charge >= 0.3 is 12.0 Å². The van der Waals surface area contributed by atoms with Crippen molar-refractivity contribution in [2.45, 2.75) is 6.42 Å². The van der Waals surface area contributed by atoms with Crippen LogP contribution >= 0.6 is 0 Å². The van der Waals surface area contributed by atoms with E-state index in [4.69, 9.17) is 9.84 Å². The Labute approximate surface area is 121 Å². The van der Waals surface area contributed by atoms with Crippen LogP contribution in [-0.2, 0) is 4.74 Å². The molecule has 6 nitrogen and oxygen atoms in total. The summed E-state index contributed by atoms with van der Waals surface area (Å²) in [6.45, 7) is 4.62. The number of carboxylic acid groups (broad SMARTS) is 1. The third kappa shape index (κ3) is 6.05. The molecule has 0 spiro atoms. The number of anilines is 1. The van der Waals surface area contributed by atoms with Gasteiger partial charge in [-0.25, -0.2) is 14.0 Å². The van der Waals surface area contributed by atoms with Crippen LogP contribution in [0.3, 0.4) is 0 Å². The van der Waals surface area contributed by atoms with Crippen molar-refractivity contribution in [2.24, 2.45) is 0 Å². The van der Waals surface area contributed by atoms with Crippen LogP contribution in [0.15, 0.2) is 30.9 Å². The molecular weight excluding hydrogens is 279 g/mol. The van der Waals surface area contributed by atoms with Gasteiger partial charge in [-0.05, 0) is 24.6 Å².